The van der Waals surface area contributed by atoms with Crippen LogP contribution >= 0.6 is 0 Å². The highest BCUT2D eigenvalue weighted by Gasteiger charge is 2.57. The summed E-state index contributed by atoms with van der Waals surface area (Å²) in [6, 6.07) is 5.90. The van der Waals surface area contributed by atoms with E-state index in [1.807, 2.05) is 6.92 Å². The third-order valence-electron chi connectivity index (χ3n) is 3.65. The van der Waals surface area contributed by atoms with E-state index in [2.05, 4.69) is 4.74 Å². The molecule has 0 spiro atoms. The maximum absolute atomic E-state index is 13.0. The van der Waals surface area contributed by atoms with Gasteiger partial charge in [-0.1, -0.05) is 13.8 Å². The summed E-state index contributed by atoms with van der Waals surface area (Å²) in [5.41, 5.74) is 5.09. The molecule has 2 N–H and O–H groups in total. The third kappa shape index (κ3) is 7.59. The van der Waals surface area contributed by atoms with Gasteiger partial charge in [0.2, 0.25) is 0 Å². The van der Waals surface area contributed by atoms with Gasteiger partial charge in [-0.3, -0.25) is 0 Å². The summed E-state index contributed by atoms with van der Waals surface area (Å²) < 4.78 is 77.9. The lowest BCUT2D eigenvalue weighted by atomic mass is 9.94. The van der Waals surface area contributed by atoms with E-state index in [1.54, 1.807) is 0 Å². The number of alkyl halides is 5. The van der Waals surface area contributed by atoms with Crippen LogP contribution in [0.25, 0.3) is 0 Å². The van der Waals surface area contributed by atoms with Gasteiger partial charge >= 0.3 is 18.1 Å². The Morgan fingerprint density at radius 3 is 2.07 bits per heavy atom. The van der Waals surface area contributed by atoms with E-state index in [0.717, 1.165) is 0 Å². The first kappa shape index (κ1) is 24.1. The molecule has 0 aliphatic carbocycles. The van der Waals surface area contributed by atoms with Gasteiger partial charge in [0.1, 0.15) is 13.2 Å². The highest BCUT2D eigenvalue weighted by Crippen LogP contribution is 2.35. The van der Waals surface area contributed by atoms with E-state index in [4.69, 9.17) is 15.2 Å². The lowest BCUT2D eigenvalue weighted by Crippen LogP contribution is -2.43. The zero-order valence-electron chi connectivity index (χ0n) is 15.7. The molecule has 0 bridgehead atoms. The standard InChI is InChI=1S/C18H24F5NO4/c1-3-8-26-9-16(2,10-27-12-17(19,20)18(21,22)23)11-28-15(25)13-4-6-14(24)7-5-13/h4-7H,3,8-12,24H2,1-2H3. The summed E-state index contributed by atoms with van der Waals surface area (Å²) in [6.45, 7) is 1.01. The molecule has 5 nitrogen and oxygen atoms in total. The first-order valence-electron chi connectivity index (χ1n) is 8.53. The second-order valence-corrected chi connectivity index (χ2v) is 6.76. The number of anilines is 1. The average Bonchev–Trinajstić information content (AvgIpc) is 2.59. The summed E-state index contributed by atoms with van der Waals surface area (Å²) in [5.74, 6) is -5.67. The largest absolute Gasteiger partial charge is 0.461 e. The molecule has 0 aliphatic heterocycles. The molecule has 28 heavy (non-hydrogen) atoms. The van der Waals surface area contributed by atoms with Crippen LogP contribution in [-0.4, -0.2) is 51.1 Å². The molecule has 1 rings (SSSR count). The molecule has 0 aliphatic rings. The Balaban J connectivity index is 2.69. The molecule has 0 aromatic heterocycles. The number of halogens is 5. The first-order valence-corrected chi connectivity index (χ1v) is 8.53. The van der Waals surface area contributed by atoms with E-state index >= 15 is 0 Å². The van der Waals surface area contributed by atoms with Crippen LogP contribution in [0.5, 0.6) is 0 Å². The van der Waals surface area contributed by atoms with Crippen LogP contribution in [0, 0.1) is 5.41 Å². The maximum atomic E-state index is 13.0. The van der Waals surface area contributed by atoms with E-state index in [-0.39, 0.29) is 18.8 Å². The molecule has 0 amide bonds. The zero-order chi connectivity index (χ0) is 21.4. The van der Waals surface area contributed by atoms with Crippen LogP contribution < -0.4 is 5.73 Å². The lowest BCUT2D eigenvalue weighted by molar-refractivity contribution is -0.298. The van der Waals surface area contributed by atoms with Crippen molar-refractivity contribution < 1.29 is 41.0 Å². The topological polar surface area (TPSA) is 70.8 Å². The van der Waals surface area contributed by atoms with Crippen molar-refractivity contribution in [1.29, 1.82) is 0 Å². The summed E-state index contributed by atoms with van der Waals surface area (Å²) >= 11 is 0. The Morgan fingerprint density at radius 2 is 1.54 bits per heavy atom. The molecule has 0 heterocycles. The number of carbonyl (C=O) groups is 1. The van der Waals surface area contributed by atoms with Crippen molar-refractivity contribution in [2.75, 3.05) is 38.8 Å². The average molecular weight is 413 g/mol. The van der Waals surface area contributed by atoms with Gasteiger partial charge in [0.05, 0.1) is 18.8 Å². The molecular weight excluding hydrogens is 389 g/mol. The molecule has 1 aromatic carbocycles. The Hall–Kier alpha value is -1.94. The van der Waals surface area contributed by atoms with Gasteiger partial charge in [0.25, 0.3) is 0 Å². The fourth-order valence-electron chi connectivity index (χ4n) is 2.04. The molecule has 1 atom stereocenters. The summed E-state index contributed by atoms with van der Waals surface area (Å²) in [7, 11) is 0. The van der Waals surface area contributed by atoms with Gasteiger partial charge in [0.15, 0.2) is 0 Å². The summed E-state index contributed by atoms with van der Waals surface area (Å²) in [5, 5.41) is 0. The number of hydrogen-bond acceptors (Lipinski definition) is 5. The highest BCUT2D eigenvalue weighted by atomic mass is 19.4. The zero-order valence-corrected chi connectivity index (χ0v) is 15.7. The molecule has 160 valence electrons. The van der Waals surface area contributed by atoms with Crippen molar-refractivity contribution in [2.45, 2.75) is 32.4 Å². The van der Waals surface area contributed by atoms with Crippen molar-refractivity contribution in [2.24, 2.45) is 5.41 Å². The van der Waals surface area contributed by atoms with E-state index in [9.17, 15) is 26.7 Å². The smallest absolute Gasteiger partial charge is 0.455 e. The van der Waals surface area contributed by atoms with Gasteiger partial charge in [-0.05, 0) is 30.7 Å². The number of rotatable bonds is 11. The van der Waals surface area contributed by atoms with Gasteiger partial charge in [0, 0.05) is 17.7 Å². The van der Waals surface area contributed by atoms with Crippen LogP contribution in [0.15, 0.2) is 24.3 Å². The van der Waals surface area contributed by atoms with Crippen LogP contribution in [0.3, 0.4) is 0 Å². The minimum atomic E-state index is -5.70. The number of carbonyl (C=O) groups excluding carboxylic acids is 1. The van der Waals surface area contributed by atoms with E-state index in [1.165, 1.54) is 31.2 Å². The van der Waals surface area contributed by atoms with Crippen molar-refractivity contribution in [1.82, 2.24) is 0 Å². The molecule has 0 saturated heterocycles. The van der Waals surface area contributed by atoms with Gasteiger partial charge in [-0.15, -0.1) is 0 Å². The SMILES string of the molecule is CCCOCC(C)(COCC(F)(F)C(F)(F)F)COC(=O)c1ccc(N)cc1. The number of ether oxygens (including phenoxy) is 3. The highest BCUT2D eigenvalue weighted by molar-refractivity contribution is 5.89. The van der Waals surface area contributed by atoms with Crippen molar-refractivity contribution in [3.05, 3.63) is 29.8 Å². The molecule has 0 fully saturated rings. The van der Waals surface area contributed by atoms with E-state index in [0.29, 0.717) is 18.7 Å². The molecule has 0 radical (unpaired) electrons. The Kier molecular flexibility index (Phi) is 8.62. The number of esters is 1. The van der Waals surface area contributed by atoms with Crippen molar-refractivity contribution in [3.8, 4) is 0 Å². The molecule has 0 saturated carbocycles. The Bertz CT molecular complexity index is 621. The second-order valence-electron chi connectivity index (χ2n) is 6.76. The predicted octanol–water partition coefficient (Wildman–Crippen LogP) is 4.07. The molecular formula is C18H24F5NO4. The monoisotopic (exact) mass is 413 g/mol. The molecule has 1 aromatic rings. The van der Waals surface area contributed by atoms with Crippen LogP contribution in [-0.2, 0) is 14.2 Å². The van der Waals surface area contributed by atoms with Gasteiger partial charge in [-0.25, -0.2) is 4.79 Å². The van der Waals surface area contributed by atoms with Gasteiger partial charge in [-0.2, -0.15) is 22.0 Å². The minimum Gasteiger partial charge on any atom is -0.461 e. The molecule has 1 unspecified atom stereocenters. The second kappa shape index (κ2) is 10.0. The number of nitrogen functional groups attached to an aromatic ring is 1. The summed E-state index contributed by atoms with van der Waals surface area (Å²) in [4.78, 5) is 12.1. The maximum Gasteiger partial charge on any atom is 0.455 e. The van der Waals surface area contributed by atoms with E-state index < -0.39 is 36.7 Å². The fourth-order valence-corrected chi connectivity index (χ4v) is 2.04. The third-order valence-corrected chi connectivity index (χ3v) is 3.65. The number of hydrogen-bond donors (Lipinski definition) is 1. The normalized spacial score (nSPS) is 14.5. The number of nitrogens with two attached hydrogens (primary N) is 1. The van der Waals surface area contributed by atoms with Gasteiger partial charge < -0.3 is 19.9 Å². The fraction of sp³-hybridized carbons (Fsp3) is 0.611. The lowest BCUT2D eigenvalue weighted by Gasteiger charge is -2.29. The Labute approximate surface area is 159 Å². The van der Waals surface area contributed by atoms with Crippen LogP contribution in [0.1, 0.15) is 30.6 Å². The minimum absolute atomic E-state index is 0.0482. The quantitative estimate of drug-likeness (QED) is 0.256. The summed E-state index contributed by atoms with van der Waals surface area (Å²) in [6.07, 6.45) is -5.03. The van der Waals surface area contributed by atoms with Crippen LogP contribution in [0.4, 0.5) is 27.6 Å². The molecule has 10 heteroatoms. The predicted molar refractivity (Wildman–Crippen MR) is 92.2 cm³/mol. The van der Waals surface area contributed by atoms with Crippen molar-refractivity contribution in [3.63, 3.8) is 0 Å². The van der Waals surface area contributed by atoms with Crippen molar-refractivity contribution >= 4 is 11.7 Å². The Morgan fingerprint density at radius 1 is 0.964 bits per heavy atom. The first-order chi connectivity index (χ1) is 12.9. The van der Waals surface area contributed by atoms with Crippen LogP contribution in [0.2, 0.25) is 0 Å². The number of benzene rings is 1.